The Morgan fingerprint density at radius 3 is 2.55 bits per heavy atom. The molecule has 4 aromatic rings. The van der Waals surface area contributed by atoms with Gasteiger partial charge in [-0.1, -0.05) is 59.6 Å². The second-order valence-electron chi connectivity index (χ2n) is 7.62. The molecule has 0 N–H and O–H groups in total. The summed E-state index contributed by atoms with van der Waals surface area (Å²) >= 11 is 6.32. The lowest BCUT2D eigenvalue weighted by molar-refractivity contribution is 0.0712. The SMILES string of the molecule is Cc1ccc2oc3c(c(=O)c2c1)[C@@H](c1ccccc1F)N(Cc1ccccc1Cl)C3=O. The molecule has 5 rings (SSSR count). The van der Waals surface area contributed by atoms with Gasteiger partial charge in [0.25, 0.3) is 5.91 Å². The molecule has 1 aromatic heterocycles. The average Bonchev–Trinajstić information content (AvgIpc) is 3.03. The summed E-state index contributed by atoms with van der Waals surface area (Å²) in [5, 5.41) is 0.853. The third kappa shape index (κ3) is 3.13. The van der Waals surface area contributed by atoms with E-state index >= 15 is 0 Å². The molecule has 0 unspecified atom stereocenters. The summed E-state index contributed by atoms with van der Waals surface area (Å²) in [5.74, 6) is -1.02. The molecule has 0 fully saturated rings. The van der Waals surface area contributed by atoms with Gasteiger partial charge in [0.1, 0.15) is 11.4 Å². The van der Waals surface area contributed by atoms with Crippen molar-refractivity contribution in [2.75, 3.05) is 0 Å². The van der Waals surface area contributed by atoms with E-state index in [0.29, 0.717) is 21.6 Å². The van der Waals surface area contributed by atoms with Crippen LogP contribution in [0.1, 0.15) is 38.9 Å². The Morgan fingerprint density at radius 1 is 1.03 bits per heavy atom. The van der Waals surface area contributed by atoms with Crippen LogP contribution in [0.3, 0.4) is 0 Å². The van der Waals surface area contributed by atoms with E-state index in [0.717, 1.165) is 5.56 Å². The van der Waals surface area contributed by atoms with Crippen LogP contribution in [0.5, 0.6) is 0 Å². The molecular weight excluding hydrogens is 417 g/mol. The molecule has 3 aromatic carbocycles. The van der Waals surface area contributed by atoms with Crippen LogP contribution < -0.4 is 5.43 Å². The molecule has 0 saturated carbocycles. The highest BCUT2D eigenvalue weighted by Gasteiger charge is 2.43. The van der Waals surface area contributed by atoms with E-state index in [1.807, 2.05) is 19.1 Å². The first-order valence-electron chi connectivity index (χ1n) is 9.82. The number of aryl methyl sites for hydroxylation is 1. The summed E-state index contributed by atoms with van der Waals surface area (Å²) < 4.78 is 20.8. The molecule has 1 aliphatic heterocycles. The van der Waals surface area contributed by atoms with Crippen LogP contribution >= 0.6 is 11.6 Å². The summed E-state index contributed by atoms with van der Waals surface area (Å²) in [6.45, 7) is 1.98. The molecule has 0 aliphatic carbocycles. The Balaban J connectivity index is 1.77. The Hall–Kier alpha value is -3.44. The van der Waals surface area contributed by atoms with Crippen molar-refractivity contribution in [2.24, 2.45) is 0 Å². The highest BCUT2D eigenvalue weighted by molar-refractivity contribution is 6.31. The van der Waals surface area contributed by atoms with Crippen LogP contribution in [0.2, 0.25) is 5.02 Å². The molecule has 1 aliphatic rings. The highest BCUT2D eigenvalue weighted by Crippen LogP contribution is 2.40. The van der Waals surface area contributed by atoms with Crippen LogP contribution in [-0.4, -0.2) is 10.8 Å². The number of rotatable bonds is 3. The molecule has 6 heteroatoms. The van der Waals surface area contributed by atoms with Gasteiger partial charge in [0.05, 0.1) is 17.0 Å². The number of halogens is 2. The van der Waals surface area contributed by atoms with E-state index in [-0.39, 0.29) is 28.9 Å². The third-order valence-corrected chi connectivity index (χ3v) is 5.99. The smallest absolute Gasteiger partial charge is 0.291 e. The topological polar surface area (TPSA) is 50.5 Å². The number of benzene rings is 3. The minimum atomic E-state index is -0.916. The molecule has 31 heavy (non-hydrogen) atoms. The Labute approximate surface area is 182 Å². The summed E-state index contributed by atoms with van der Waals surface area (Å²) in [6.07, 6.45) is 0. The molecule has 154 valence electrons. The van der Waals surface area contributed by atoms with Crippen molar-refractivity contribution < 1.29 is 13.6 Å². The molecule has 1 amide bonds. The third-order valence-electron chi connectivity index (χ3n) is 5.62. The summed E-state index contributed by atoms with van der Waals surface area (Å²) in [6, 6.07) is 17.6. The van der Waals surface area contributed by atoms with E-state index in [9.17, 15) is 14.0 Å². The van der Waals surface area contributed by atoms with Crippen molar-refractivity contribution in [1.82, 2.24) is 4.90 Å². The molecule has 0 bridgehead atoms. The maximum atomic E-state index is 14.9. The monoisotopic (exact) mass is 433 g/mol. The summed E-state index contributed by atoms with van der Waals surface area (Å²) in [4.78, 5) is 28.3. The van der Waals surface area contributed by atoms with Gasteiger partial charge in [0.15, 0.2) is 5.43 Å². The number of hydrogen-bond donors (Lipinski definition) is 0. The summed E-state index contributed by atoms with van der Waals surface area (Å²) in [5.41, 5.74) is 1.97. The Kier molecular flexibility index (Phi) is 4.63. The Morgan fingerprint density at radius 2 is 1.77 bits per heavy atom. The first-order chi connectivity index (χ1) is 15.0. The number of carbonyl (C=O) groups is 1. The van der Waals surface area contributed by atoms with Crippen molar-refractivity contribution in [3.63, 3.8) is 0 Å². The van der Waals surface area contributed by atoms with Crippen LogP contribution in [0, 0.1) is 12.7 Å². The lowest BCUT2D eigenvalue weighted by atomic mass is 9.97. The van der Waals surface area contributed by atoms with Gasteiger partial charge in [-0.15, -0.1) is 0 Å². The first-order valence-corrected chi connectivity index (χ1v) is 10.2. The predicted octanol–water partition coefficient (Wildman–Crippen LogP) is 5.64. The average molecular weight is 434 g/mol. The van der Waals surface area contributed by atoms with E-state index in [2.05, 4.69) is 0 Å². The molecule has 1 atom stereocenters. The zero-order valence-electron chi connectivity index (χ0n) is 16.6. The second-order valence-corrected chi connectivity index (χ2v) is 8.03. The van der Waals surface area contributed by atoms with Crippen LogP contribution in [0.4, 0.5) is 4.39 Å². The van der Waals surface area contributed by atoms with Crippen molar-refractivity contribution in [1.29, 1.82) is 0 Å². The van der Waals surface area contributed by atoms with Gasteiger partial charge in [0, 0.05) is 17.1 Å². The molecule has 4 nitrogen and oxygen atoms in total. The molecule has 0 saturated heterocycles. The van der Waals surface area contributed by atoms with Gasteiger partial charge in [-0.2, -0.15) is 0 Å². The highest BCUT2D eigenvalue weighted by atomic mass is 35.5. The quantitative estimate of drug-likeness (QED) is 0.420. The second kappa shape index (κ2) is 7.36. The summed E-state index contributed by atoms with van der Waals surface area (Å²) in [7, 11) is 0. The minimum absolute atomic E-state index is 0.0540. The van der Waals surface area contributed by atoms with Crippen molar-refractivity contribution in [3.8, 4) is 0 Å². The number of fused-ring (bicyclic) bond motifs is 2. The van der Waals surface area contributed by atoms with Crippen molar-refractivity contribution in [2.45, 2.75) is 19.5 Å². The van der Waals surface area contributed by atoms with Crippen LogP contribution in [-0.2, 0) is 6.54 Å². The Bertz CT molecular complexity index is 1410. The molecule has 0 spiro atoms. The lowest BCUT2D eigenvalue weighted by Gasteiger charge is -2.26. The standard InChI is InChI=1S/C25H17ClFNO3/c1-14-10-11-20-17(12-14)23(29)21-22(16-7-3-5-9-19(16)27)28(25(30)24(21)31-20)13-15-6-2-4-8-18(15)26/h2-12,22H,13H2,1H3/t22-/m1/s1. The zero-order valence-corrected chi connectivity index (χ0v) is 17.3. The van der Waals surface area contributed by atoms with Crippen molar-refractivity contribution >= 4 is 28.5 Å². The zero-order chi connectivity index (χ0) is 21.7. The van der Waals surface area contributed by atoms with Gasteiger partial charge in [-0.3, -0.25) is 9.59 Å². The van der Waals surface area contributed by atoms with E-state index < -0.39 is 17.8 Å². The van der Waals surface area contributed by atoms with Crippen LogP contribution in [0.15, 0.2) is 75.9 Å². The van der Waals surface area contributed by atoms with Gasteiger partial charge in [0.2, 0.25) is 5.76 Å². The largest absolute Gasteiger partial charge is 0.450 e. The lowest BCUT2D eigenvalue weighted by Crippen LogP contribution is -2.30. The maximum Gasteiger partial charge on any atom is 0.291 e. The fraction of sp³-hybridized carbons (Fsp3) is 0.120. The molecule has 0 radical (unpaired) electrons. The fourth-order valence-corrected chi connectivity index (χ4v) is 4.32. The number of carbonyl (C=O) groups excluding carboxylic acids is 1. The first kappa shape index (κ1) is 19.5. The number of amides is 1. The van der Waals surface area contributed by atoms with Crippen molar-refractivity contribution in [3.05, 3.63) is 116 Å². The number of hydrogen-bond acceptors (Lipinski definition) is 3. The predicted molar refractivity (Wildman–Crippen MR) is 117 cm³/mol. The van der Waals surface area contributed by atoms with E-state index in [4.69, 9.17) is 16.0 Å². The number of nitrogens with zero attached hydrogens (tertiary/aromatic N) is 1. The van der Waals surface area contributed by atoms with E-state index in [1.165, 1.54) is 11.0 Å². The van der Waals surface area contributed by atoms with Crippen LogP contribution in [0.25, 0.3) is 11.0 Å². The maximum absolute atomic E-state index is 14.9. The molecular formula is C25H17ClFNO3. The minimum Gasteiger partial charge on any atom is -0.450 e. The molecule has 2 heterocycles. The van der Waals surface area contributed by atoms with Gasteiger partial charge in [-0.25, -0.2) is 4.39 Å². The van der Waals surface area contributed by atoms with Gasteiger partial charge < -0.3 is 9.32 Å². The van der Waals surface area contributed by atoms with Gasteiger partial charge in [-0.05, 0) is 36.8 Å². The fourth-order valence-electron chi connectivity index (χ4n) is 4.13. The van der Waals surface area contributed by atoms with Gasteiger partial charge >= 0.3 is 0 Å². The normalized spacial score (nSPS) is 15.5. The van der Waals surface area contributed by atoms with E-state index in [1.54, 1.807) is 48.5 Å².